The standard InChI is InChI=1S/C21H14O4/c22-20(21(23)24)17-9-7-15(8-10-17)4-3-13-25-19-12-11-16-5-1-2-6-18(16)14-19/h1-2,5-12,14H,13H2,(H,23,24). The molecule has 25 heavy (non-hydrogen) atoms. The van der Waals surface area contributed by atoms with E-state index in [-0.39, 0.29) is 12.2 Å². The van der Waals surface area contributed by atoms with Crippen LogP contribution in [0.25, 0.3) is 10.8 Å². The predicted octanol–water partition coefficient (Wildman–Crippen LogP) is 3.54. The molecule has 0 aliphatic heterocycles. The summed E-state index contributed by atoms with van der Waals surface area (Å²) in [4.78, 5) is 21.9. The highest BCUT2D eigenvalue weighted by Gasteiger charge is 2.13. The molecule has 0 aliphatic carbocycles. The lowest BCUT2D eigenvalue weighted by Crippen LogP contribution is -2.12. The molecule has 4 nitrogen and oxygen atoms in total. The van der Waals surface area contributed by atoms with Gasteiger partial charge in [-0.15, -0.1) is 0 Å². The lowest BCUT2D eigenvalue weighted by atomic mass is 10.1. The predicted molar refractivity (Wildman–Crippen MR) is 94.7 cm³/mol. The fourth-order valence-electron chi connectivity index (χ4n) is 2.34. The fourth-order valence-corrected chi connectivity index (χ4v) is 2.34. The summed E-state index contributed by atoms with van der Waals surface area (Å²) in [5.74, 6) is 4.15. The van der Waals surface area contributed by atoms with E-state index < -0.39 is 11.8 Å². The van der Waals surface area contributed by atoms with Gasteiger partial charge in [-0.2, -0.15) is 0 Å². The number of carboxylic acid groups (broad SMARTS) is 1. The summed E-state index contributed by atoms with van der Waals surface area (Å²) in [6, 6.07) is 20.0. The second-order valence-corrected chi connectivity index (χ2v) is 5.31. The SMILES string of the molecule is O=C(O)C(=O)c1ccc(C#CCOc2ccc3ccccc3c2)cc1. The first-order valence-electron chi connectivity index (χ1n) is 7.61. The maximum Gasteiger partial charge on any atom is 0.377 e. The molecular weight excluding hydrogens is 316 g/mol. The van der Waals surface area contributed by atoms with Crippen molar-refractivity contribution < 1.29 is 19.4 Å². The number of rotatable bonds is 4. The monoisotopic (exact) mass is 330 g/mol. The molecule has 3 aromatic carbocycles. The van der Waals surface area contributed by atoms with Crippen LogP contribution in [0, 0.1) is 11.8 Å². The van der Waals surface area contributed by atoms with Crippen molar-refractivity contribution in [2.75, 3.05) is 6.61 Å². The van der Waals surface area contributed by atoms with E-state index in [1.54, 1.807) is 12.1 Å². The molecule has 0 radical (unpaired) electrons. The molecule has 0 fully saturated rings. The normalized spacial score (nSPS) is 9.92. The molecular formula is C21H14O4. The maximum absolute atomic E-state index is 11.3. The van der Waals surface area contributed by atoms with Crippen LogP contribution in [0.1, 0.15) is 15.9 Å². The Bertz CT molecular complexity index is 992. The molecule has 0 spiro atoms. The van der Waals surface area contributed by atoms with E-state index in [0.29, 0.717) is 5.56 Å². The van der Waals surface area contributed by atoms with Gasteiger partial charge < -0.3 is 9.84 Å². The Morgan fingerprint density at radius 1 is 0.920 bits per heavy atom. The van der Waals surface area contributed by atoms with Gasteiger partial charge in [-0.25, -0.2) is 4.79 Å². The molecule has 0 atom stereocenters. The highest BCUT2D eigenvalue weighted by molar-refractivity contribution is 6.39. The molecule has 0 heterocycles. The highest BCUT2D eigenvalue weighted by Crippen LogP contribution is 2.20. The molecule has 3 aromatic rings. The van der Waals surface area contributed by atoms with Crippen molar-refractivity contribution in [1.82, 2.24) is 0 Å². The minimum Gasteiger partial charge on any atom is -0.481 e. The van der Waals surface area contributed by atoms with Crippen molar-refractivity contribution in [3.05, 3.63) is 77.9 Å². The zero-order chi connectivity index (χ0) is 17.6. The van der Waals surface area contributed by atoms with Crippen molar-refractivity contribution in [3.63, 3.8) is 0 Å². The number of hydrogen-bond donors (Lipinski definition) is 1. The lowest BCUT2D eigenvalue weighted by Gasteiger charge is -2.03. The van der Waals surface area contributed by atoms with E-state index in [2.05, 4.69) is 11.8 Å². The van der Waals surface area contributed by atoms with E-state index in [9.17, 15) is 9.59 Å². The average Bonchev–Trinajstić information content (AvgIpc) is 2.65. The Hall–Kier alpha value is -3.58. The highest BCUT2D eigenvalue weighted by atomic mass is 16.5. The van der Waals surface area contributed by atoms with Gasteiger partial charge >= 0.3 is 5.97 Å². The van der Waals surface area contributed by atoms with E-state index in [1.165, 1.54) is 12.1 Å². The third kappa shape index (κ3) is 4.04. The molecule has 0 unspecified atom stereocenters. The second kappa shape index (κ2) is 7.33. The van der Waals surface area contributed by atoms with Crippen LogP contribution in [0.3, 0.4) is 0 Å². The Balaban J connectivity index is 1.62. The molecule has 0 aromatic heterocycles. The third-order valence-corrected chi connectivity index (χ3v) is 3.61. The molecule has 122 valence electrons. The minimum absolute atomic E-state index is 0.130. The largest absolute Gasteiger partial charge is 0.481 e. The number of carbonyl (C=O) groups excluding carboxylic acids is 1. The Morgan fingerprint density at radius 3 is 2.36 bits per heavy atom. The van der Waals surface area contributed by atoms with Gasteiger partial charge in [-0.3, -0.25) is 4.79 Å². The molecule has 0 amide bonds. The van der Waals surface area contributed by atoms with Gasteiger partial charge in [0.15, 0.2) is 0 Å². The van der Waals surface area contributed by atoms with Crippen LogP contribution in [0.5, 0.6) is 5.75 Å². The topological polar surface area (TPSA) is 63.6 Å². The zero-order valence-corrected chi connectivity index (χ0v) is 13.2. The van der Waals surface area contributed by atoms with Crippen LogP contribution >= 0.6 is 0 Å². The van der Waals surface area contributed by atoms with Gasteiger partial charge in [0.25, 0.3) is 5.78 Å². The van der Waals surface area contributed by atoms with E-state index in [0.717, 1.165) is 16.5 Å². The molecule has 1 N–H and O–H groups in total. The third-order valence-electron chi connectivity index (χ3n) is 3.61. The quantitative estimate of drug-likeness (QED) is 0.451. The average molecular weight is 330 g/mol. The second-order valence-electron chi connectivity index (χ2n) is 5.31. The van der Waals surface area contributed by atoms with Crippen molar-refractivity contribution in [2.45, 2.75) is 0 Å². The maximum atomic E-state index is 11.3. The van der Waals surface area contributed by atoms with Crippen LogP contribution in [-0.4, -0.2) is 23.5 Å². The summed E-state index contributed by atoms with van der Waals surface area (Å²) >= 11 is 0. The van der Waals surface area contributed by atoms with Crippen LogP contribution in [-0.2, 0) is 4.79 Å². The number of benzene rings is 3. The first-order chi connectivity index (χ1) is 12.1. The zero-order valence-electron chi connectivity index (χ0n) is 13.2. The van der Waals surface area contributed by atoms with Crippen LogP contribution in [0.15, 0.2) is 66.7 Å². The van der Waals surface area contributed by atoms with Gasteiger partial charge in [0, 0.05) is 11.1 Å². The Kier molecular flexibility index (Phi) is 4.77. The molecule has 3 rings (SSSR count). The smallest absolute Gasteiger partial charge is 0.377 e. The number of ketones is 1. The number of carboxylic acids is 1. The van der Waals surface area contributed by atoms with Gasteiger partial charge in [0.05, 0.1) is 0 Å². The minimum atomic E-state index is -1.47. The number of ether oxygens (including phenoxy) is 1. The number of carbonyl (C=O) groups is 2. The summed E-state index contributed by atoms with van der Waals surface area (Å²) in [7, 11) is 0. The van der Waals surface area contributed by atoms with Gasteiger partial charge in [0.2, 0.25) is 0 Å². The first kappa shape index (κ1) is 16.3. The molecule has 0 bridgehead atoms. The van der Waals surface area contributed by atoms with Gasteiger partial charge in [-0.1, -0.05) is 42.2 Å². The summed E-state index contributed by atoms with van der Waals surface area (Å²) in [6.45, 7) is 0.230. The van der Waals surface area contributed by atoms with Crippen LogP contribution < -0.4 is 4.74 Å². The van der Waals surface area contributed by atoms with Crippen molar-refractivity contribution in [2.24, 2.45) is 0 Å². The summed E-state index contributed by atoms with van der Waals surface area (Å²) in [5.41, 5.74) is 0.814. The fraction of sp³-hybridized carbons (Fsp3) is 0.0476. The van der Waals surface area contributed by atoms with Crippen molar-refractivity contribution >= 4 is 22.5 Å². The van der Waals surface area contributed by atoms with Gasteiger partial charge in [0.1, 0.15) is 12.4 Å². The first-order valence-corrected chi connectivity index (χ1v) is 7.61. The van der Waals surface area contributed by atoms with Crippen molar-refractivity contribution in [3.8, 4) is 17.6 Å². The lowest BCUT2D eigenvalue weighted by molar-refractivity contribution is -0.131. The number of hydrogen-bond acceptors (Lipinski definition) is 3. The summed E-state index contributed by atoms with van der Waals surface area (Å²) in [5, 5.41) is 10.9. The number of fused-ring (bicyclic) bond motifs is 1. The molecule has 0 saturated carbocycles. The Morgan fingerprint density at radius 2 is 1.64 bits per heavy atom. The molecule has 0 saturated heterocycles. The van der Waals surface area contributed by atoms with E-state index >= 15 is 0 Å². The molecule has 4 heteroatoms. The van der Waals surface area contributed by atoms with Gasteiger partial charge in [-0.05, 0) is 47.2 Å². The number of aliphatic carboxylic acids is 1. The van der Waals surface area contributed by atoms with Crippen molar-refractivity contribution in [1.29, 1.82) is 0 Å². The molecule has 0 aliphatic rings. The van der Waals surface area contributed by atoms with E-state index in [4.69, 9.17) is 9.84 Å². The van der Waals surface area contributed by atoms with E-state index in [1.807, 2.05) is 42.5 Å². The summed E-state index contributed by atoms with van der Waals surface area (Å²) in [6.07, 6.45) is 0. The van der Waals surface area contributed by atoms with Crippen LogP contribution in [0.2, 0.25) is 0 Å². The van der Waals surface area contributed by atoms with Crippen LogP contribution in [0.4, 0.5) is 0 Å². The Labute approximate surface area is 144 Å². The summed E-state index contributed by atoms with van der Waals surface area (Å²) < 4.78 is 5.62. The number of Topliss-reactive ketones (excluding diaryl/α,β-unsaturated/α-hetero) is 1.